The summed E-state index contributed by atoms with van der Waals surface area (Å²) in [6.07, 6.45) is -1.19. The molecule has 0 fully saturated rings. The predicted molar refractivity (Wildman–Crippen MR) is 131 cm³/mol. The van der Waals surface area contributed by atoms with E-state index in [9.17, 15) is 26.3 Å². The van der Waals surface area contributed by atoms with Gasteiger partial charge in [0.2, 0.25) is 0 Å². The molecule has 0 N–H and O–H groups in total. The van der Waals surface area contributed by atoms with Crippen LogP contribution in [0.5, 0.6) is 0 Å². The molecule has 0 atom stereocenters. The largest absolute Gasteiger partial charge is 0.422 e. The highest BCUT2D eigenvalue weighted by Crippen LogP contribution is 2.34. The quantitative estimate of drug-likeness (QED) is 0.161. The standard InChI is InChI=1S/C30H25F7/c1-2-3-4-5-18-7-12-23(25(31)14-18)21-11-13-24-22(17-21)10-9-20(29(24)34)8-6-19-15-26(32)28(27(33)16-19)30(35,36)37/h7,9-17H,2-6,8H2,1H3. The average molecular weight is 519 g/mol. The topological polar surface area (TPSA) is 0 Å². The number of fused-ring (bicyclic) bond motifs is 1. The lowest BCUT2D eigenvalue weighted by Crippen LogP contribution is -2.12. The molecule has 194 valence electrons. The second-order valence-corrected chi connectivity index (χ2v) is 9.18. The first kappa shape index (κ1) is 26.7. The Morgan fingerprint density at radius 3 is 2.00 bits per heavy atom. The molecule has 0 saturated carbocycles. The molecule has 0 unspecified atom stereocenters. The number of unbranched alkanes of at least 4 members (excludes halogenated alkanes) is 2. The average Bonchev–Trinajstić information content (AvgIpc) is 2.82. The van der Waals surface area contributed by atoms with E-state index in [-0.39, 0.29) is 29.8 Å². The summed E-state index contributed by atoms with van der Waals surface area (Å²) in [5.74, 6) is -4.28. The molecule has 0 nitrogen and oxygen atoms in total. The zero-order valence-electron chi connectivity index (χ0n) is 20.2. The maximum Gasteiger partial charge on any atom is 0.422 e. The van der Waals surface area contributed by atoms with Crippen LogP contribution in [0.25, 0.3) is 21.9 Å². The fraction of sp³-hybridized carbons (Fsp3) is 0.267. The molecular formula is C30H25F7. The Hall–Kier alpha value is -3.35. The minimum absolute atomic E-state index is 0.00791. The van der Waals surface area contributed by atoms with Crippen molar-refractivity contribution < 1.29 is 30.7 Å². The third kappa shape index (κ3) is 5.97. The minimum atomic E-state index is -5.14. The lowest BCUT2D eigenvalue weighted by molar-refractivity contribution is -0.142. The molecule has 7 heteroatoms. The molecule has 0 aliphatic rings. The molecule has 0 saturated heterocycles. The van der Waals surface area contributed by atoms with Gasteiger partial charge in [0.15, 0.2) is 0 Å². The molecule has 4 aromatic carbocycles. The Bertz CT molecular complexity index is 1400. The van der Waals surface area contributed by atoms with Crippen molar-refractivity contribution in [1.82, 2.24) is 0 Å². The Kier molecular flexibility index (Phi) is 7.90. The van der Waals surface area contributed by atoms with Crippen LogP contribution in [0, 0.1) is 23.3 Å². The third-order valence-corrected chi connectivity index (χ3v) is 6.52. The molecule has 0 aliphatic heterocycles. The fourth-order valence-electron chi connectivity index (χ4n) is 4.54. The second kappa shape index (κ2) is 11.0. The highest BCUT2D eigenvalue weighted by Gasteiger charge is 2.37. The summed E-state index contributed by atoms with van der Waals surface area (Å²) < 4.78 is 96.0. The normalized spacial score (nSPS) is 11.9. The first-order chi connectivity index (χ1) is 17.6. The molecule has 0 bridgehead atoms. The Labute approximate surface area is 210 Å². The van der Waals surface area contributed by atoms with E-state index in [1.807, 2.05) is 6.07 Å². The van der Waals surface area contributed by atoms with Crippen molar-refractivity contribution in [3.63, 3.8) is 0 Å². The van der Waals surface area contributed by atoms with Crippen LogP contribution in [0.2, 0.25) is 0 Å². The number of rotatable bonds is 8. The van der Waals surface area contributed by atoms with Crippen LogP contribution in [0.15, 0.2) is 60.7 Å². The van der Waals surface area contributed by atoms with Gasteiger partial charge in [-0.2, -0.15) is 13.2 Å². The highest BCUT2D eigenvalue weighted by molar-refractivity contribution is 5.88. The van der Waals surface area contributed by atoms with Crippen molar-refractivity contribution >= 4 is 10.8 Å². The molecule has 37 heavy (non-hydrogen) atoms. The van der Waals surface area contributed by atoms with Crippen molar-refractivity contribution in [2.45, 2.75) is 51.6 Å². The number of hydrogen-bond donors (Lipinski definition) is 0. The molecule has 0 spiro atoms. The Morgan fingerprint density at radius 2 is 1.35 bits per heavy atom. The van der Waals surface area contributed by atoms with E-state index < -0.39 is 29.2 Å². The van der Waals surface area contributed by atoms with Gasteiger partial charge in [0, 0.05) is 10.9 Å². The van der Waals surface area contributed by atoms with Gasteiger partial charge in [-0.25, -0.2) is 17.6 Å². The number of benzene rings is 4. The summed E-state index contributed by atoms with van der Waals surface area (Å²) in [4.78, 5) is 0. The second-order valence-electron chi connectivity index (χ2n) is 9.18. The Morgan fingerprint density at radius 1 is 0.649 bits per heavy atom. The summed E-state index contributed by atoms with van der Waals surface area (Å²) >= 11 is 0. The fourth-order valence-corrected chi connectivity index (χ4v) is 4.54. The smallest absolute Gasteiger partial charge is 0.206 e. The molecule has 0 amide bonds. The van der Waals surface area contributed by atoms with Crippen LogP contribution in [0.4, 0.5) is 30.7 Å². The molecule has 0 aliphatic carbocycles. The Balaban J connectivity index is 1.54. The summed E-state index contributed by atoms with van der Waals surface area (Å²) in [6.45, 7) is 2.11. The maximum absolute atomic E-state index is 15.2. The van der Waals surface area contributed by atoms with Crippen molar-refractivity contribution in [1.29, 1.82) is 0 Å². The van der Waals surface area contributed by atoms with Gasteiger partial charge < -0.3 is 0 Å². The first-order valence-electron chi connectivity index (χ1n) is 12.1. The van der Waals surface area contributed by atoms with Gasteiger partial charge in [0.25, 0.3) is 0 Å². The minimum Gasteiger partial charge on any atom is -0.206 e. The number of alkyl halides is 3. The summed E-state index contributed by atoms with van der Waals surface area (Å²) in [5.41, 5.74) is 0.255. The van der Waals surface area contributed by atoms with Gasteiger partial charge in [-0.1, -0.05) is 56.2 Å². The number of hydrogen-bond acceptors (Lipinski definition) is 0. The van der Waals surface area contributed by atoms with Gasteiger partial charge in [0.05, 0.1) is 0 Å². The lowest BCUT2D eigenvalue weighted by atomic mass is 9.96. The van der Waals surface area contributed by atoms with Crippen LogP contribution in [-0.4, -0.2) is 0 Å². The van der Waals surface area contributed by atoms with E-state index in [1.54, 1.807) is 30.3 Å². The van der Waals surface area contributed by atoms with Crippen LogP contribution in [0.1, 0.15) is 48.4 Å². The van der Waals surface area contributed by atoms with Crippen LogP contribution >= 0.6 is 0 Å². The van der Waals surface area contributed by atoms with E-state index in [2.05, 4.69) is 6.92 Å². The van der Waals surface area contributed by atoms with Gasteiger partial charge in [-0.15, -0.1) is 0 Å². The molecule has 0 heterocycles. The van der Waals surface area contributed by atoms with Crippen molar-refractivity contribution in [2.24, 2.45) is 0 Å². The van der Waals surface area contributed by atoms with Gasteiger partial charge in [-0.3, -0.25) is 0 Å². The van der Waals surface area contributed by atoms with E-state index in [4.69, 9.17) is 0 Å². The van der Waals surface area contributed by atoms with Crippen molar-refractivity contribution in [3.8, 4) is 11.1 Å². The molecule has 0 aromatic heterocycles. The van der Waals surface area contributed by atoms with Crippen molar-refractivity contribution in [3.05, 3.63) is 106 Å². The predicted octanol–water partition coefficient (Wildman–Crippen LogP) is 9.60. The van der Waals surface area contributed by atoms with Crippen LogP contribution in [0.3, 0.4) is 0 Å². The first-order valence-corrected chi connectivity index (χ1v) is 12.1. The van der Waals surface area contributed by atoms with E-state index >= 15 is 4.39 Å². The van der Waals surface area contributed by atoms with Gasteiger partial charge in [-0.05, 0) is 77.6 Å². The summed E-state index contributed by atoms with van der Waals surface area (Å²) in [5, 5.41) is 0.847. The van der Waals surface area contributed by atoms with E-state index in [1.165, 1.54) is 12.1 Å². The molecule has 4 rings (SSSR count). The van der Waals surface area contributed by atoms with E-state index in [0.717, 1.165) is 31.2 Å². The summed E-state index contributed by atoms with van der Waals surface area (Å²) in [7, 11) is 0. The number of aryl methyl sites for hydroxylation is 3. The maximum atomic E-state index is 15.2. The van der Waals surface area contributed by atoms with Crippen molar-refractivity contribution in [2.75, 3.05) is 0 Å². The van der Waals surface area contributed by atoms with Crippen LogP contribution < -0.4 is 0 Å². The summed E-state index contributed by atoms with van der Waals surface area (Å²) in [6, 6.07) is 14.5. The zero-order valence-corrected chi connectivity index (χ0v) is 20.2. The van der Waals surface area contributed by atoms with E-state index in [0.29, 0.717) is 34.0 Å². The number of halogens is 7. The molecular weight excluding hydrogens is 493 g/mol. The molecule has 4 aromatic rings. The SMILES string of the molecule is CCCCCc1ccc(-c2ccc3c(F)c(CCc4cc(F)c(C(F)(F)F)c(F)c4)ccc3c2)c(F)c1. The van der Waals surface area contributed by atoms with Gasteiger partial charge in [0.1, 0.15) is 28.8 Å². The van der Waals surface area contributed by atoms with Gasteiger partial charge >= 0.3 is 6.18 Å². The zero-order chi connectivity index (χ0) is 26.7. The lowest BCUT2D eigenvalue weighted by Gasteiger charge is -2.12. The highest BCUT2D eigenvalue weighted by atomic mass is 19.4. The third-order valence-electron chi connectivity index (χ3n) is 6.52. The van der Waals surface area contributed by atoms with Crippen LogP contribution in [-0.2, 0) is 25.4 Å². The monoisotopic (exact) mass is 518 g/mol. The molecule has 0 radical (unpaired) electrons.